The third-order valence-electron chi connectivity index (χ3n) is 3.29. The maximum Gasteiger partial charge on any atom is 0.122 e. The van der Waals surface area contributed by atoms with Crippen molar-refractivity contribution >= 4 is 23.2 Å². The maximum atomic E-state index is 6.46. The highest BCUT2D eigenvalue weighted by Gasteiger charge is 2.25. The number of methoxy groups -OCH3 is 1. The lowest BCUT2D eigenvalue weighted by Gasteiger charge is -2.27. The van der Waals surface area contributed by atoms with Crippen molar-refractivity contribution in [3.05, 3.63) is 63.6 Å². The minimum atomic E-state index is -0.601. The zero-order valence-electron chi connectivity index (χ0n) is 11.5. The van der Waals surface area contributed by atoms with Crippen LogP contribution in [0.2, 0.25) is 10.0 Å². The Balaban J connectivity index is 2.38. The molecule has 0 amide bonds. The van der Waals surface area contributed by atoms with E-state index in [9.17, 15) is 0 Å². The van der Waals surface area contributed by atoms with Crippen LogP contribution in [0.25, 0.3) is 0 Å². The summed E-state index contributed by atoms with van der Waals surface area (Å²) in [6.07, 6.45) is 0.584. The van der Waals surface area contributed by atoms with Crippen LogP contribution in [0.4, 0.5) is 0 Å². The van der Waals surface area contributed by atoms with Gasteiger partial charge in [0.2, 0.25) is 0 Å². The fraction of sp³-hybridized carbons (Fsp3) is 0.250. The summed E-state index contributed by atoms with van der Waals surface area (Å²) in [5.41, 5.74) is 7.73. The van der Waals surface area contributed by atoms with E-state index in [0.29, 0.717) is 16.5 Å². The van der Waals surface area contributed by atoms with Crippen LogP contribution in [0.15, 0.2) is 42.5 Å². The van der Waals surface area contributed by atoms with E-state index >= 15 is 0 Å². The summed E-state index contributed by atoms with van der Waals surface area (Å²) in [4.78, 5) is 0. The highest BCUT2D eigenvalue weighted by atomic mass is 35.5. The van der Waals surface area contributed by atoms with Gasteiger partial charge in [-0.15, -0.1) is 0 Å². The van der Waals surface area contributed by atoms with Crippen LogP contribution in [0.1, 0.15) is 18.1 Å². The molecule has 0 heterocycles. The van der Waals surface area contributed by atoms with Crippen molar-refractivity contribution in [2.24, 2.45) is 5.73 Å². The fourth-order valence-corrected chi connectivity index (χ4v) is 2.85. The summed E-state index contributed by atoms with van der Waals surface area (Å²) in [6, 6.07) is 13.1. The molecular weight excluding hydrogens is 293 g/mol. The molecule has 20 heavy (non-hydrogen) atoms. The van der Waals surface area contributed by atoms with Gasteiger partial charge in [-0.2, -0.15) is 0 Å². The van der Waals surface area contributed by atoms with Crippen molar-refractivity contribution in [3.63, 3.8) is 0 Å². The maximum absolute atomic E-state index is 6.46. The van der Waals surface area contributed by atoms with Gasteiger partial charge in [-0.1, -0.05) is 41.4 Å². The Morgan fingerprint density at radius 3 is 2.50 bits per heavy atom. The van der Waals surface area contributed by atoms with Crippen LogP contribution >= 0.6 is 23.2 Å². The van der Waals surface area contributed by atoms with Crippen LogP contribution in [0, 0.1) is 0 Å². The van der Waals surface area contributed by atoms with Gasteiger partial charge < -0.3 is 10.5 Å². The third kappa shape index (κ3) is 3.26. The molecule has 106 valence electrons. The molecule has 1 unspecified atom stereocenters. The minimum Gasteiger partial charge on any atom is -0.496 e. The molecule has 2 nitrogen and oxygen atoms in total. The largest absolute Gasteiger partial charge is 0.496 e. The van der Waals surface area contributed by atoms with Gasteiger partial charge in [0.05, 0.1) is 7.11 Å². The van der Waals surface area contributed by atoms with Crippen LogP contribution in [0.3, 0.4) is 0 Å². The van der Waals surface area contributed by atoms with E-state index in [1.807, 2.05) is 43.3 Å². The average Bonchev–Trinajstić information content (AvgIpc) is 2.39. The zero-order chi connectivity index (χ0) is 14.8. The predicted octanol–water partition coefficient (Wildman–Crippen LogP) is 4.42. The van der Waals surface area contributed by atoms with Crippen molar-refractivity contribution in [1.29, 1.82) is 0 Å². The summed E-state index contributed by atoms with van der Waals surface area (Å²) in [5.74, 6) is 0.776. The first-order valence-corrected chi connectivity index (χ1v) is 7.06. The molecule has 2 aromatic carbocycles. The monoisotopic (exact) mass is 309 g/mol. The Morgan fingerprint density at radius 1 is 1.15 bits per heavy atom. The first-order chi connectivity index (χ1) is 9.44. The van der Waals surface area contributed by atoms with E-state index in [2.05, 4.69) is 0 Å². The molecule has 0 aliphatic heterocycles. The van der Waals surface area contributed by atoms with Crippen LogP contribution < -0.4 is 10.5 Å². The first kappa shape index (κ1) is 15.2. The molecule has 2 rings (SSSR count). The van der Waals surface area contributed by atoms with Gasteiger partial charge in [-0.05, 0) is 48.7 Å². The quantitative estimate of drug-likeness (QED) is 0.907. The van der Waals surface area contributed by atoms with E-state index in [1.165, 1.54) is 0 Å². The first-order valence-electron chi connectivity index (χ1n) is 6.30. The zero-order valence-corrected chi connectivity index (χ0v) is 13.0. The molecular formula is C16H17Cl2NO. The normalized spacial score (nSPS) is 13.8. The second kappa shape index (κ2) is 6.04. The van der Waals surface area contributed by atoms with E-state index < -0.39 is 5.54 Å². The Kier molecular flexibility index (Phi) is 4.59. The molecule has 1 atom stereocenters. The van der Waals surface area contributed by atoms with E-state index in [-0.39, 0.29) is 0 Å². The van der Waals surface area contributed by atoms with E-state index in [4.69, 9.17) is 33.7 Å². The molecule has 0 aliphatic carbocycles. The number of ether oxygens (including phenoxy) is 1. The number of halogens is 2. The molecule has 2 aromatic rings. The Hall–Kier alpha value is -1.22. The van der Waals surface area contributed by atoms with Gasteiger partial charge in [0.1, 0.15) is 5.75 Å². The lowest BCUT2D eigenvalue weighted by atomic mass is 9.86. The van der Waals surface area contributed by atoms with Gasteiger partial charge in [0.15, 0.2) is 0 Å². The standard InChI is InChI=1S/C16H17Cl2NO/c1-16(19,13-5-3-4-6-14(13)18)10-11-9-12(17)7-8-15(11)20-2/h3-9H,10,19H2,1-2H3. The SMILES string of the molecule is COc1ccc(Cl)cc1CC(C)(N)c1ccccc1Cl. The van der Waals surface area contributed by atoms with E-state index in [1.54, 1.807) is 13.2 Å². The molecule has 0 saturated carbocycles. The Labute approximate surface area is 129 Å². The lowest BCUT2D eigenvalue weighted by molar-refractivity contribution is 0.400. The molecule has 0 radical (unpaired) electrons. The van der Waals surface area contributed by atoms with Crippen molar-refractivity contribution in [2.75, 3.05) is 7.11 Å². The minimum absolute atomic E-state index is 0.584. The molecule has 2 N–H and O–H groups in total. The van der Waals surface area contributed by atoms with Gasteiger partial charge in [0.25, 0.3) is 0 Å². The molecule has 0 aliphatic rings. The number of rotatable bonds is 4. The van der Waals surface area contributed by atoms with Crippen molar-refractivity contribution in [1.82, 2.24) is 0 Å². The summed E-state index contributed by atoms with van der Waals surface area (Å²) < 4.78 is 5.37. The Bertz CT molecular complexity index is 611. The molecule has 0 fully saturated rings. The summed E-state index contributed by atoms with van der Waals surface area (Å²) in [6.45, 7) is 1.95. The van der Waals surface area contributed by atoms with Gasteiger partial charge in [-0.25, -0.2) is 0 Å². The second-order valence-electron chi connectivity index (χ2n) is 5.03. The van der Waals surface area contributed by atoms with Crippen molar-refractivity contribution < 1.29 is 4.74 Å². The molecule has 0 saturated heterocycles. The van der Waals surface area contributed by atoms with E-state index in [0.717, 1.165) is 16.9 Å². The van der Waals surface area contributed by atoms with Gasteiger partial charge in [-0.3, -0.25) is 0 Å². The highest BCUT2D eigenvalue weighted by Crippen LogP contribution is 2.32. The summed E-state index contributed by atoms with van der Waals surface area (Å²) in [7, 11) is 1.64. The van der Waals surface area contributed by atoms with Crippen LogP contribution in [-0.2, 0) is 12.0 Å². The Morgan fingerprint density at radius 2 is 1.85 bits per heavy atom. The number of nitrogens with two attached hydrogens (primary N) is 1. The fourth-order valence-electron chi connectivity index (χ4n) is 2.30. The lowest BCUT2D eigenvalue weighted by Crippen LogP contribution is -2.35. The van der Waals surface area contributed by atoms with Crippen LogP contribution in [-0.4, -0.2) is 7.11 Å². The number of benzene rings is 2. The predicted molar refractivity (Wildman–Crippen MR) is 84.7 cm³/mol. The van der Waals surface area contributed by atoms with Crippen molar-refractivity contribution in [3.8, 4) is 5.75 Å². The number of hydrogen-bond acceptors (Lipinski definition) is 2. The average molecular weight is 310 g/mol. The highest BCUT2D eigenvalue weighted by molar-refractivity contribution is 6.31. The van der Waals surface area contributed by atoms with Crippen molar-refractivity contribution in [2.45, 2.75) is 18.9 Å². The number of hydrogen-bond donors (Lipinski definition) is 1. The summed E-state index contributed by atoms with van der Waals surface area (Å²) >= 11 is 12.3. The van der Waals surface area contributed by atoms with Gasteiger partial charge >= 0.3 is 0 Å². The molecule has 4 heteroatoms. The van der Waals surface area contributed by atoms with Crippen LogP contribution in [0.5, 0.6) is 5.75 Å². The third-order valence-corrected chi connectivity index (χ3v) is 3.85. The summed E-state index contributed by atoms with van der Waals surface area (Å²) in [5, 5.41) is 1.33. The van der Waals surface area contributed by atoms with Gasteiger partial charge in [0, 0.05) is 15.6 Å². The molecule has 0 spiro atoms. The second-order valence-corrected chi connectivity index (χ2v) is 5.87. The molecule has 0 aromatic heterocycles. The molecule has 0 bridgehead atoms. The smallest absolute Gasteiger partial charge is 0.122 e. The topological polar surface area (TPSA) is 35.2 Å².